The third-order valence-corrected chi connectivity index (χ3v) is 2.19. The molecular formula is C9H7N3O6. The lowest BCUT2D eigenvalue weighted by atomic mass is 10.4. The van der Waals surface area contributed by atoms with E-state index in [1.165, 1.54) is 0 Å². The molecule has 0 atom stereocenters. The number of hydrazine groups is 1. The molecule has 2 rings (SSSR count). The van der Waals surface area contributed by atoms with Crippen LogP contribution in [-0.4, -0.2) is 39.8 Å². The first-order valence-corrected chi connectivity index (χ1v) is 4.89. The van der Waals surface area contributed by atoms with E-state index in [9.17, 15) is 24.0 Å². The first kappa shape index (κ1) is 11.8. The zero-order valence-electron chi connectivity index (χ0n) is 8.91. The fraction of sp³-hybridized carbons (Fsp3) is 0.222. The lowest BCUT2D eigenvalue weighted by Gasteiger charge is -2.17. The molecule has 18 heavy (non-hydrogen) atoms. The molecule has 0 unspecified atom stereocenters. The molecule has 5 amide bonds. The second kappa shape index (κ2) is 4.28. The summed E-state index contributed by atoms with van der Waals surface area (Å²) in [5, 5.41) is 0.696. The van der Waals surface area contributed by atoms with Crippen LogP contribution in [-0.2, 0) is 24.0 Å². The number of imide groups is 2. The van der Waals surface area contributed by atoms with E-state index in [1.54, 1.807) is 0 Å². The summed E-state index contributed by atoms with van der Waals surface area (Å²) in [7, 11) is 0. The van der Waals surface area contributed by atoms with Gasteiger partial charge in [-0.2, -0.15) is 5.01 Å². The molecule has 0 bridgehead atoms. The number of carbonyl (C=O) groups excluding carboxylic acids is 5. The minimum atomic E-state index is -1.27. The van der Waals surface area contributed by atoms with E-state index in [2.05, 4.69) is 4.84 Å². The van der Waals surface area contributed by atoms with Crippen molar-refractivity contribution in [2.75, 3.05) is 0 Å². The normalized spacial score (nSPS) is 18.9. The van der Waals surface area contributed by atoms with Crippen LogP contribution in [0.1, 0.15) is 12.8 Å². The molecule has 2 heterocycles. The second-order valence-corrected chi connectivity index (χ2v) is 3.42. The van der Waals surface area contributed by atoms with E-state index in [1.807, 2.05) is 5.43 Å². The zero-order chi connectivity index (χ0) is 13.3. The third-order valence-electron chi connectivity index (χ3n) is 2.19. The van der Waals surface area contributed by atoms with E-state index in [0.29, 0.717) is 10.1 Å². The van der Waals surface area contributed by atoms with Crippen LogP contribution in [0.5, 0.6) is 0 Å². The number of amides is 5. The number of nitrogens with zero attached hydrogens (tertiary/aromatic N) is 2. The number of nitrogens with one attached hydrogen (secondary N) is 1. The van der Waals surface area contributed by atoms with E-state index in [0.717, 1.165) is 12.2 Å². The Hall–Kier alpha value is -2.71. The molecule has 1 fully saturated rings. The molecule has 0 spiro atoms. The minimum Gasteiger partial charge on any atom is -0.310 e. The molecule has 9 heteroatoms. The van der Waals surface area contributed by atoms with Crippen LogP contribution in [0.2, 0.25) is 0 Å². The van der Waals surface area contributed by atoms with Crippen molar-refractivity contribution in [2.24, 2.45) is 0 Å². The van der Waals surface area contributed by atoms with E-state index in [-0.39, 0.29) is 12.8 Å². The van der Waals surface area contributed by atoms with Gasteiger partial charge in [0.1, 0.15) is 0 Å². The predicted molar refractivity (Wildman–Crippen MR) is 51.7 cm³/mol. The van der Waals surface area contributed by atoms with E-state index in [4.69, 9.17) is 0 Å². The maximum atomic E-state index is 11.3. The van der Waals surface area contributed by atoms with Crippen LogP contribution in [0.15, 0.2) is 12.2 Å². The Labute approximate surface area is 99.9 Å². The van der Waals surface area contributed by atoms with Gasteiger partial charge in [-0.25, -0.2) is 10.2 Å². The summed E-state index contributed by atoms with van der Waals surface area (Å²) >= 11 is 0. The van der Waals surface area contributed by atoms with Gasteiger partial charge in [-0.05, 0) is 0 Å². The lowest BCUT2D eigenvalue weighted by Crippen LogP contribution is -2.48. The Morgan fingerprint density at radius 3 is 2.06 bits per heavy atom. The fourth-order valence-electron chi connectivity index (χ4n) is 1.36. The topological polar surface area (TPSA) is 113 Å². The van der Waals surface area contributed by atoms with Gasteiger partial charge in [0.25, 0.3) is 23.6 Å². The largest absolute Gasteiger partial charge is 0.451 e. The van der Waals surface area contributed by atoms with E-state index >= 15 is 0 Å². The summed E-state index contributed by atoms with van der Waals surface area (Å²) in [5.74, 6) is -2.83. The number of hydrogen-bond donors (Lipinski definition) is 1. The van der Waals surface area contributed by atoms with Crippen LogP contribution in [0.25, 0.3) is 0 Å². The average Bonchev–Trinajstić information content (AvgIpc) is 2.79. The maximum Gasteiger partial charge on any atom is 0.451 e. The molecule has 0 aromatic rings. The SMILES string of the molecule is O=C(NN1C(=O)C=CC1=O)ON1C(=O)CCC1=O. The zero-order valence-corrected chi connectivity index (χ0v) is 8.91. The van der Waals surface area contributed by atoms with Crippen LogP contribution in [0.4, 0.5) is 4.79 Å². The Morgan fingerprint density at radius 1 is 1.06 bits per heavy atom. The highest BCUT2D eigenvalue weighted by Crippen LogP contribution is 2.12. The molecule has 2 aliphatic heterocycles. The summed E-state index contributed by atoms with van der Waals surface area (Å²) in [6.45, 7) is 0. The van der Waals surface area contributed by atoms with Gasteiger partial charge in [0.05, 0.1) is 0 Å². The van der Waals surface area contributed by atoms with Crippen molar-refractivity contribution in [1.82, 2.24) is 15.5 Å². The van der Waals surface area contributed by atoms with Crippen molar-refractivity contribution in [3.05, 3.63) is 12.2 Å². The second-order valence-electron chi connectivity index (χ2n) is 3.42. The molecule has 0 radical (unpaired) electrons. The van der Waals surface area contributed by atoms with Crippen LogP contribution < -0.4 is 5.43 Å². The number of rotatable bonds is 2. The minimum absolute atomic E-state index is 0.0464. The molecule has 1 N–H and O–H groups in total. The highest BCUT2D eigenvalue weighted by molar-refractivity contribution is 6.13. The Morgan fingerprint density at radius 2 is 1.56 bits per heavy atom. The van der Waals surface area contributed by atoms with Crippen molar-refractivity contribution in [1.29, 1.82) is 0 Å². The molecule has 94 valence electrons. The monoisotopic (exact) mass is 253 g/mol. The fourth-order valence-corrected chi connectivity index (χ4v) is 1.36. The first-order chi connectivity index (χ1) is 8.49. The van der Waals surface area contributed by atoms with Gasteiger partial charge in [-0.3, -0.25) is 19.2 Å². The number of hydrogen-bond acceptors (Lipinski definition) is 6. The maximum absolute atomic E-state index is 11.3. The smallest absolute Gasteiger partial charge is 0.310 e. The molecule has 0 saturated carbocycles. The van der Waals surface area contributed by atoms with Gasteiger partial charge < -0.3 is 4.84 Å². The van der Waals surface area contributed by atoms with Gasteiger partial charge in [0.15, 0.2) is 0 Å². The van der Waals surface area contributed by atoms with Crippen molar-refractivity contribution >= 4 is 29.7 Å². The van der Waals surface area contributed by atoms with Gasteiger partial charge >= 0.3 is 6.09 Å². The Bertz CT molecular complexity index is 457. The summed E-state index contributed by atoms with van der Waals surface area (Å²) in [5.41, 5.74) is 1.81. The summed E-state index contributed by atoms with van der Waals surface area (Å²) in [6, 6.07) is 0. The Kier molecular flexibility index (Phi) is 2.80. The van der Waals surface area contributed by atoms with Gasteiger partial charge in [-0.1, -0.05) is 0 Å². The van der Waals surface area contributed by atoms with Crippen molar-refractivity contribution in [3.63, 3.8) is 0 Å². The van der Waals surface area contributed by atoms with Crippen LogP contribution in [0, 0.1) is 0 Å². The average molecular weight is 253 g/mol. The molecule has 9 nitrogen and oxygen atoms in total. The highest BCUT2D eigenvalue weighted by atomic mass is 16.7. The van der Waals surface area contributed by atoms with Gasteiger partial charge in [0.2, 0.25) is 0 Å². The molecule has 0 aromatic carbocycles. The van der Waals surface area contributed by atoms with Crippen molar-refractivity contribution in [3.8, 4) is 0 Å². The quantitative estimate of drug-likeness (QED) is 0.606. The van der Waals surface area contributed by atoms with Crippen molar-refractivity contribution < 1.29 is 28.8 Å². The highest BCUT2D eigenvalue weighted by Gasteiger charge is 2.34. The van der Waals surface area contributed by atoms with Crippen LogP contribution in [0.3, 0.4) is 0 Å². The van der Waals surface area contributed by atoms with Crippen molar-refractivity contribution in [2.45, 2.75) is 12.8 Å². The summed E-state index contributed by atoms with van der Waals surface area (Å²) in [6.07, 6.45) is 0.539. The number of carbonyl (C=O) groups is 5. The Balaban J connectivity index is 1.93. The standard InChI is InChI=1S/C9H7N3O6/c13-5-1-2-6(14)11(5)10-9(17)18-12-7(15)3-4-8(12)16/h1-2H,3-4H2,(H,10,17). The molecule has 0 aromatic heterocycles. The van der Waals surface area contributed by atoms with Crippen LogP contribution >= 0.6 is 0 Å². The molecule has 1 saturated heterocycles. The molecule has 2 aliphatic rings. The van der Waals surface area contributed by atoms with Gasteiger partial charge in [0, 0.05) is 25.0 Å². The lowest BCUT2D eigenvalue weighted by molar-refractivity contribution is -0.172. The summed E-state index contributed by atoms with van der Waals surface area (Å²) in [4.78, 5) is 60.1. The molecule has 0 aliphatic carbocycles. The van der Waals surface area contributed by atoms with E-state index < -0.39 is 29.7 Å². The molecular weight excluding hydrogens is 246 g/mol. The van der Waals surface area contributed by atoms with Gasteiger partial charge in [-0.15, -0.1) is 5.06 Å². The third kappa shape index (κ3) is 2.05. The first-order valence-electron chi connectivity index (χ1n) is 4.89. The predicted octanol–water partition coefficient (Wildman–Crippen LogP) is -1.38. The number of hydroxylamine groups is 2. The summed E-state index contributed by atoms with van der Waals surface area (Å²) < 4.78 is 0.